The van der Waals surface area contributed by atoms with Gasteiger partial charge in [0.05, 0.1) is 6.61 Å². The molecule has 22 heavy (non-hydrogen) atoms. The highest BCUT2D eigenvalue weighted by atomic mass is 16.5. The van der Waals surface area contributed by atoms with Crippen molar-refractivity contribution in [2.24, 2.45) is 0 Å². The molecule has 1 aliphatic carbocycles. The fourth-order valence-electron chi connectivity index (χ4n) is 2.93. The van der Waals surface area contributed by atoms with Gasteiger partial charge in [-0.2, -0.15) is 0 Å². The molecule has 1 fully saturated rings. The Hall–Kier alpha value is -1.88. The number of benzene rings is 1. The minimum absolute atomic E-state index is 0.0543. The van der Waals surface area contributed by atoms with Gasteiger partial charge in [0.1, 0.15) is 0 Å². The van der Waals surface area contributed by atoms with Crippen LogP contribution >= 0.6 is 0 Å². The van der Waals surface area contributed by atoms with Gasteiger partial charge in [0.15, 0.2) is 6.04 Å². The number of carboxylic acid groups (broad SMARTS) is 1. The molecule has 0 aromatic heterocycles. The molecular weight excluding hydrogens is 282 g/mol. The van der Waals surface area contributed by atoms with Crippen LogP contribution in [-0.4, -0.2) is 36.7 Å². The van der Waals surface area contributed by atoms with Crippen molar-refractivity contribution >= 4 is 11.9 Å². The first-order chi connectivity index (χ1) is 10.6. The van der Waals surface area contributed by atoms with E-state index in [1.807, 2.05) is 12.1 Å². The summed E-state index contributed by atoms with van der Waals surface area (Å²) in [6.45, 7) is -0.0543. The molecule has 0 bridgehead atoms. The molecule has 1 atom stereocenters. The SMILES string of the molecule is COCC(NC(=O)c1ccc(C2CCCCC2)cc1)C(=O)O. The van der Waals surface area contributed by atoms with Crippen LogP contribution in [0.3, 0.4) is 0 Å². The summed E-state index contributed by atoms with van der Waals surface area (Å²) in [7, 11) is 1.40. The van der Waals surface area contributed by atoms with Crippen molar-refractivity contribution in [2.45, 2.75) is 44.1 Å². The predicted molar refractivity (Wildman–Crippen MR) is 83.0 cm³/mol. The molecule has 120 valence electrons. The Morgan fingerprint density at radius 2 is 1.86 bits per heavy atom. The molecule has 0 aliphatic heterocycles. The fourth-order valence-corrected chi connectivity index (χ4v) is 2.93. The van der Waals surface area contributed by atoms with E-state index in [2.05, 4.69) is 5.32 Å². The molecule has 2 N–H and O–H groups in total. The summed E-state index contributed by atoms with van der Waals surface area (Å²) in [4.78, 5) is 23.1. The smallest absolute Gasteiger partial charge is 0.328 e. The molecule has 1 aromatic carbocycles. The quantitative estimate of drug-likeness (QED) is 0.847. The molecule has 0 spiro atoms. The molecule has 1 saturated carbocycles. The first-order valence-corrected chi connectivity index (χ1v) is 7.74. The second-order valence-corrected chi connectivity index (χ2v) is 5.78. The number of ether oxygens (including phenoxy) is 1. The summed E-state index contributed by atoms with van der Waals surface area (Å²) in [5.41, 5.74) is 1.74. The number of amides is 1. The van der Waals surface area contributed by atoms with Crippen LogP contribution in [0.4, 0.5) is 0 Å². The van der Waals surface area contributed by atoms with Gasteiger partial charge < -0.3 is 15.2 Å². The van der Waals surface area contributed by atoms with Gasteiger partial charge in [-0.15, -0.1) is 0 Å². The first kappa shape index (κ1) is 16.5. The van der Waals surface area contributed by atoms with Crippen LogP contribution in [0.15, 0.2) is 24.3 Å². The number of methoxy groups -OCH3 is 1. The van der Waals surface area contributed by atoms with Gasteiger partial charge in [-0.3, -0.25) is 4.79 Å². The van der Waals surface area contributed by atoms with E-state index in [0.29, 0.717) is 11.5 Å². The van der Waals surface area contributed by atoms with Crippen molar-refractivity contribution < 1.29 is 19.4 Å². The lowest BCUT2D eigenvalue weighted by Gasteiger charge is -2.22. The highest BCUT2D eigenvalue weighted by Gasteiger charge is 2.21. The number of hydrogen-bond acceptors (Lipinski definition) is 3. The molecule has 2 rings (SSSR count). The van der Waals surface area contributed by atoms with E-state index in [-0.39, 0.29) is 12.5 Å². The van der Waals surface area contributed by atoms with Crippen molar-refractivity contribution in [1.29, 1.82) is 0 Å². The predicted octanol–water partition coefficient (Wildman–Crippen LogP) is 2.56. The molecule has 1 unspecified atom stereocenters. The maximum atomic E-state index is 12.1. The minimum Gasteiger partial charge on any atom is -0.480 e. The van der Waals surface area contributed by atoms with Crippen molar-refractivity contribution in [3.05, 3.63) is 35.4 Å². The van der Waals surface area contributed by atoms with Gasteiger partial charge in [-0.1, -0.05) is 31.4 Å². The Morgan fingerprint density at radius 3 is 2.41 bits per heavy atom. The summed E-state index contributed by atoms with van der Waals surface area (Å²) in [6.07, 6.45) is 6.27. The molecule has 1 aliphatic rings. The maximum Gasteiger partial charge on any atom is 0.328 e. The van der Waals surface area contributed by atoms with Gasteiger partial charge in [-0.25, -0.2) is 4.79 Å². The van der Waals surface area contributed by atoms with Gasteiger partial charge >= 0.3 is 5.97 Å². The van der Waals surface area contributed by atoms with Crippen molar-refractivity contribution in [3.8, 4) is 0 Å². The number of aliphatic carboxylic acids is 1. The average Bonchev–Trinajstić information content (AvgIpc) is 2.55. The van der Waals surface area contributed by atoms with Gasteiger partial charge in [0.2, 0.25) is 0 Å². The van der Waals surface area contributed by atoms with Crippen LogP contribution in [0.2, 0.25) is 0 Å². The molecular formula is C17H23NO4. The van der Waals surface area contributed by atoms with E-state index in [1.165, 1.54) is 44.8 Å². The lowest BCUT2D eigenvalue weighted by atomic mass is 9.84. The minimum atomic E-state index is -1.10. The van der Waals surface area contributed by atoms with Crippen LogP contribution in [-0.2, 0) is 9.53 Å². The molecule has 0 saturated heterocycles. The largest absolute Gasteiger partial charge is 0.480 e. The number of carboxylic acids is 1. The average molecular weight is 305 g/mol. The molecule has 1 amide bonds. The lowest BCUT2D eigenvalue weighted by molar-refractivity contribution is -0.140. The summed E-state index contributed by atoms with van der Waals surface area (Å²) in [5.74, 6) is -0.903. The Kier molecular flexibility index (Phi) is 5.95. The monoisotopic (exact) mass is 305 g/mol. The molecule has 1 aromatic rings. The summed E-state index contributed by atoms with van der Waals surface area (Å²) >= 11 is 0. The Bertz CT molecular complexity index is 506. The summed E-state index contributed by atoms with van der Waals surface area (Å²) in [5, 5.41) is 11.5. The molecule has 0 heterocycles. The highest BCUT2D eigenvalue weighted by Crippen LogP contribution is 2.32. The number of nitrogens with one attached hydrogen (secondary N) is 1. The second kappa shape index (κ2) is 7.94. The number of rotatable bonds is 6. The fraction of sp³-hybridized carbons (Fsp3) is 0.529. The second-order valence-electron chi connectivity index (χ2n) is 5.78. The first-order valence-electron chi connectivity index (χ1n) is 7.74. The summed E-state index contributed by atoms with van der Waals surface area (Å²) in [6, 6.07) is 6.47. The van der Waals surface area contributed by atoms with Crippen LogP contribution in [0.5, 0.6) is 0 Å². The molecule has 0 radical (unpaired) electrons. The van der Waals surface area contributed by atoms with Crippen LogP contribution < -0.4 is 5.32 Å². The van der Waals surface area contributed by atoms with E-state index in [0.717, 1.165) is 0 Å². The lowest BCUT2D eigenvalue weighted by Crippen LogP contribution is -2.43. The van der Waals surface area contributed by atoms with E-state index < -0.39 is 12.0 Å². The standard InChI is InChI=1S/C17H23NO4/c1-22-11-15(17(20)21)18-16(19)14-9-7-13(8-10-14)12-5-3-2-4-6-12/h7-10,12,15H,2-6,11H2,1H3,(H,18,19)(H,20,21). The third kappa shape index (κ3) is 4.31. The van der Waals surface area contributed by atoms with Crippen molar-refractivity contribution in [3.63, 3.8) is 0 Å². The van der Waals surface area contributed by atoms with Crippen LogP contribution in [0.1, 0.15) is 53.9 Å². The number of carbonyl (C=O) groups is 2. The topological polar surface area (TPSA) is 75.6 Å². The zero-order valence-corrected chi connectivity index (χ0v) is 12.9. The van der Waals surface area contributed by atoms with Gasteiger partial charge in [0.25, 0.3) is 5.91 Å². The van der Waals surface area contributed by atoms with Crippen LogP contribution in [0, 0.1) is 0 Å². The highest BCUT2D eigenvalue weighted by molar-refractivity contribution is 5.96. The maximum absolute atomic E-state index is 12.1. The van der Waals surface area contributed by atoms with Crippen molar-refractivity contribution in [1.82, 2.24) is 5.32 Å². The van der Waals surface area contributed by atoms with Crippen molar-refractivity contribution in [2.75, 3.05) is 13.7 Å². The zero-order valence-electron chi connectivity index (χ0n) is 12.9. The third-order valence-corrected chi connectivity index (χ3v) is 4.19. The van der Waals surface area contributed by atoms with Gasteiger partial charge in [-0.05, 0) is 36.5 Å². The van der Waals surface area contributed by atoms with E-state index in [1.54, 1.807) is 12.1 Å². The third-order valence-electron chi connectivity index (χ3n) is 4.19. The Balaban J connectivity index is 1.99. The Morgan fingerprint density at radius 1 is 1.23 bits per heavy atom. The van der Waals surface area contributed by atoms with E-state index >= 15 is 0 Å². The number of carbonyl (C=O) groups excluding carboxylic acids is 1. The molecule has 5 nitrogen and oxygen atoms in total. The molecule has 5 heteroatoms. The van der Waals surface area contributed by atoms with E-state index in [9.17, 15) is 9.59 Å². The normalized spacial score (nSPS) is 17.0. The number of hydrogen-bond donors (Lipinski definition) is 2. The zero-order chi connectivity index (χ0) is 15.9. The van der Waals surface area contributed by atoms with E-state index in [4.69, 9.17) is 9.84 Å². The van der Waals surface area contributed by atoms with Crippen LogP contribution in [0.25, 0.3) is 0 Å². The van der Waals surface area contributed by atoms with Gasteiger partial charge in [0, 0.05) is 12.7 Å². The Labute approximate surface area is 130 Å². The summed E-state index contributed by atoms with van der Waals surface area (Å²) < 4.78 is 4.80.